The van der Waals surface area contributed by atoms with E-state index >= 15 is 0 Å². The number of nitrogens with zero attached hydrogens (tertiary/aromatic N) is 1. The maximum atomic E-state index is 11.1. The van der Waals surface area contributed by atoms with Crippen LogP contribution in [-0.4, -0.2) is 29.2 Å². The number of aromatic amines is 1. The minimum atomic E-state index is -0.156. The fraction of sp³-hybridized carbons (Fsp3) is 0.636. The average Bonchev–Trinajstić information content (AvgIpc) is 2.24. The van der Waals surface area contributed by atoms with Crippen LogP contribution in [0.25, 0.3) is 0 Å². The van der Waals surface area contributed by atoms with Gasteiger partial charge in [-0.05, 0) is 12.8 Å². The number of hydrogen-bond acceptors (Lipinski definition) is 4. The van der Waals surface area contributed by atoms with Crippen LogP contribution >= 0.6 is 0 Å². The van der Waals surface area contributed by atoms with Crippen molar-refractivity contribution in [1.29, 1.82) is 0 Å². The van der Waals surface area contributed by atoms with E-state index < -0.39 is 0 Å². The second-order valence-corrected chi connectivity index (χ2v) is 3.95. The van der Waals surface area contributed by atoms with Crippen LogP contribution in [0.5, 0.6) is 0 Å². The lowest BCUT2D eigenvalue weighted by molar-refractivity contribution is 0.126. The van der Waals surface area contributed by atoms with Crippen molar-refractivity contribution in [2.24, 2.45) is 5.92 Å². The molecule has 1 heterocycles. The Labute approximate surface area is 95.3 Å². The molecule has 90 valence electrons. The molecule has 2 N–H and O–H groups in total. The fourth-order valence-electron chi connectivity index (χ4n) is 1.28. The molecule has 1 aromatic rings. The summed E-state index contributed by atoms with van der Waals surface area (Å²) in [5.74, 6) is 0.995. The van der Waals surface area contributed by atoms with Gasteiger partial charge in [-0.25, -0.2) is 4.98 Å². The highest BCUT2D eigenvalue weighted by Gasteiger charge is 2.13. The molecule has 0 saturated heterocycles. The number of H-pyrrole nitrogens is 1. The van der Waals surface area contributed by atoms with Gasteiger partial charge in [-0.3, -0.25) is 4.79 Å². The maximum absolute atomic E-state index is 11.1. The van der Waals surface area contributed by atoms with Gasteiger partial charge in [-0.1, -0.05) is 13.8 Å². The molecule has 0 bridgehead atoms. The monoisotopic (exact) mass is 225 g/mol. The van der Waals surface area contributed by atoms with Crippen molar-refractivity contribution in [3.8, 4) is 0 Å². The van der Waals surface area contributed by atoms with Gasteiger partial charge in [0.2, 0.25) is 0 Å². The van der Waals surface area contributed by atoms with Gasteiger partial charge >= 0.3 is 0 Å². The summed E-state index contributed by atoms with van der Waals surface area (Å²) < 4.78 is 5.38. The highest BCUT2D eigenvalue weighted by Crippen LogP contribution is 2.08. The van der Waals surface area contributed by atoms with Crippen LogP contribution in [0.3, 0.4) is 0 Å². The minimum absolute atomic E-state index is 0.156. The molecule has 5 heteroatoms. The third-order valence-corrected chi connectivity index (χ3v) is 2.32. The van der Waals surface area contributed by atoms with Gasteiger partial charge in [-0.15, -0.1) is 0 Å². The summed E-state index contributed by atoms with van der Waals surface area (Å²) in [6.07, 6.45) is 1.39. The summed E-state index contributed by atoms with van der Waals surface area (Å²) >= 11 is 0. The predicted octanol–water partition coefficient (Wildman–Crippen LogP) is 1.24. The van der Waals surface area contributed by atoms with Crippen LogP contribution in [0.1, 0.15) is 20.8 Å². The zero-order valence-corrected chi connectivity index (χ0v) is 9.99. The van der Waals surface area contributed by atoms with Crippen LogP contribution in [0, 0.1) is 5.92 Å². The van der Waals surface area contributed by atoms with Crippen molar-refractivity contribution in [1.82, 2.24) is 9.97 Å². The van der Waals surface area contributed by atoms with Gasteiger partial charge in [0.25, 0.3) is 5.56 Å². The van der Waals surface area contributed by atoms with Gasteiger partial charge in [0.15, 0.2) is 0 Å². The lowest BCUT2D eigenvalue weighted by Crippen LogP contribution is -2.31. The first-order chi connectivity index (χ1) is 7.63. The van der Waals surface area contributed by atoms with E-state index in [4.69, 9.17) is 4.74 Å². The van der Waals surface area contributed by atoms with E-state index in [0.717, 1.165) is 0 Å². The maximum Gasteiger partial charge on any atom is 0.252 e. The van der Waals surface area contributed by atoms with E-state index in [1.54, 1.807) is 0 Å². The quantitative estimate of drug-likeness (QED) is 0.764. The minimum Gasteiger partial charge on any atom is -0.380 e. The van der Waals surface area contributed by atoms with Gasteiger partial charge in [0, 0.05) is 12.7 Å². The molecular formula is C11H19N3O2. The first-order valence-corrected chi connectivity index (χ1v) is 5.52. The van der Waals surface area contributed by atoms with Crippen molar-refractivity contribution >= 4 is 5.82 Å². The highest BCUT2D eigenvalue weighted by molar-refractivity contribution is 5.33. The van der Waals surface area contributed by atoms with Crippen molar-refractivity contribution in [3.05, 3.63) is 22.7 Å². The van der Waals surface area contributed by atoms with Gasteiger partial charge in [0.1, 0.15) is 5.82 Å². The van der Waals surface area contributed by atoms with Crippen molar-refractivity contribution in [3.63, 3.8) is 0 Å². The van der Waals surface area contributed by atoms with E-state index in [0.29, 0.717) is 24.9 Å². The van der Waals surface area contributed by atoms with E-state index in [1.165, 1.54) is 12.4 Å². The summed E-state index contributed by atoms with van der Waals surface area (Å²) in [7, 11) is 0. The van der Waals surface area contributed by atoms with Crippen LogP contribution in [-0.2, 0) is 4.74 Å². The van der Waals surface area contributed by atoms with E-state index in [2.05, 4.69) is 29.1 Å². The normalized spacial score (nSPS) is 12.8. The number of nitrogens with one attached hydrogen (secondary N) is 2. The van der Waals surface area contributed by atoms with Crippen molar-refractivity contribution in [2.75, 3.05) is 18.5 Å². The summed E-state index contributed by atoms with van der Waals surface area (Å²) in [4.78, 5) is 17.6. The molecular weight excluding hydrogens is 206 g/mol. The second kappa shape index (κ2) is 6.27. The zero-order valence-electron chi connectivity index (χ0n) is 9.99. The number of aromatic nitrogens is 2. The highest BCUT2D eigenvalue weighted by atomic mass is 16.5. The first-order valence-electron chi connectivity index (χ1n) is 5.52. The summed E-state index contributed by atoms with van der Waals surface area (Å²) in [5.41, 5.74) is -0.156. The molecule has 0 radical (unpaired) electrons. The Morgan fingerprint density at radius 1 is 1.56 bits per heavy atom. The van der Waals surface area contributed by atoms with Gasteiger partial charge < -0.3 is 15.0 Å². The summed E-state index contributed by atoms with van der Waals surface area (Å²) in [6.45, 7) is 7.47. The molecule has 0 amide bonds. The molecule has 1 aromatic heterocycles. The van der Waals surface area contributed by atoms with Crippen LogP contribution in [0.2, 0.25) is 0 Å². The molecule has 5 nitrogen and oxygen atoms in total. The number of rotatable bonds is 6. The third-order valence-electron chi connectivity index (χ3n) is 2.32. The van der Waals surface area contributed by atoms with Crippen LogP contribution < -0.4 is 10.9 Å². The largest absolute Gasteiger partial charge is 0.380 e. The van der Waals surface area contributed by atoms with E-state index in [-0.39, 0.29) is 11.6 Å². The standard InChI is InChI=1S/C11H19N3O2/c1-4-16-6-9(8(2)3)14-10-5-11(15)13-7-12-10/h5,7-9H,4,6H2,1-3H3,(H2,12,13,14,15). The average molecular weight is 225 g/mol. The SMILES string of the molecule is CCOCC(Nc1cc(=O)[nH]cn1)C(C)C. The number of anilines is 1. The third kappa shape index (κ3) is 4.02. The molecule has 0 aromatic carbocycles. The molecule has 16 heavy (non-hydrogen) atoms. The van der Waals surface area contributed by atoms with Crippen molar-refractivity contribution in [2.45, 2.75) is 26.8 Å². The Balaban J connectivity index is 2.64. The fourth-order valence-corrected chi connectivity index (χ4v) is 1.28. The Bertz CT molecular complexity index is 362. The van der Waals surface area contributed by atoms with E-state index in [1.807, 2.05) is 6.92 Å². The molecule has 0 fully saturated rings. The first kappa shape index (κ1) is 12.7. The molecule has 0 saturated carbocycles. The molecule has 0 spiro atoms. The smallest absolute Gasteiger partial charge is 0.252 e. The zero-order chi connectivity index (χ0) is 12.0. The second-order valence-electron chi connectivity index (χ2n) is 3.95. The lowest BCUT2D eigenvalue weighted by atomic mass is 10.1. The molecule has 1 unspecified atom stereocenters. The Morgan fingerprint density at radius 3 is 2.88 bits per heavy atom. The molecule has 1 rings (SSSR count). The number of ether oxygens (including phenoxy) is 1. The van der Waals surface area contributed by atoms with E-state index in [9.17, 15) is 4.79 Å². The van der Waals surface area contributed by atoms with Gasteiger partial charge in [0.05, 0.1) is 19.0 Å². The molecule has 1 atom stereocenters. The van der Waals surface area contributed by atoms with Crippen LogP contribution in [0.15, 0.2) is 17.2 Å². The summed E-state index contributed by atoms with van der Waals surface area (Å²) in [6, 6.07) is 1.61. The summed E-state index contributed by atoms with van der Waals surface area (Å²) in [5, 5.41) is 3.20. The molecule has 0 aliphatic carbocycles. The van der Waals surface area contributed by atoms with Crippen LogP contribution in [0.4, 0.5) is 5.82 Å². The Morgan fingerprint density at radius 2 is 2.31 bits per heavy atom. The molecule has 0 aliphatic heterocycles. The topological polar surface area (TPSA) is 67.0 Å². The Kier molecular flexibility index (Phi) is 4.98. The molecule has 0 aliphatic rings. The number of hydrogen-bond donors (Lipinski definition) is 2. The predicted molar refractivity (Wildman–Crippen MR) is 63.6 cm³/mol. The Hall–Kier alpha value is -1.36. The van der Waals surface area contributed by atoms with Crippen molar-refractivity contribution < 1.29 is 4.74 Å². The lowest BCUT2D eigenvalue weighted by Gasteiger charge is -2.22. The van der Waals surface area contributed by atoms with Gasteiger partial charge in [-0.2, -0.15) is 0 Å².